The van der Waals surface area contributed by atoms with Crippen LogP contribution in [0.1, 0.15) is 90.9 Å². The van der Waals surface area contributed by atoms with Gasteiger partial charge in [-0.1, -0.05) is 80.6 Å². The van der Waals surface area contributed by atoms with E-state index >= 15 is 0 Å². The second-order valence-electron chi connectivity index (χ2n) is 5.69. The first kappa shape index (κ1) is 19.4. The van der Waals surface area contributed by atoms with E-state index in [1.165, 1.54) is 77.0 Å². The third kappa shape index (κ3) is 16.4. The van der Waals surface area contributed by atoms with E-state index in [0.717, 1.165) is 11.9 Å². The summed E-state index contributed by atoms with van der Waals surface area (Å²) in [6.07, 6.45) is 16.6. The topological polar surface area (TPSA) is 9.23 Å². The number of hydrogen-bond donors (Lipinski definition) is 0. The van der Waals surface area contributed by atoms with Crippen LogP contribution in [0.25, 0.3) is 0 Å². The van der Waals surface area contributed by atoms with Crippen molar-refractivity contribution in [2.45, 2.75) is 97.0 Å². The lowest BCUT2D eigenvalue weighted by molar-refractivity contribution is 0.0557. The molecule has 0 aromatic rings. The molecule has 0 heterocycles. The number of rotatable bonds is 15. The van der Waals surface area contributed by atoms with Gasteiger partial charge in [0.05, 0.1) is 6.10 Å². The number of hydrogen-bond acceptors (Lipinski definition) is 1. The van der Waals surface area contributed by atoms with Crippen molar-refractivity contribution < 1.29 is 4.74 Å². The highest BCUT2D eigenvalue weighted by Gasteiger charge is 2.01. The summed E-state index contributed by atoms with van der Waals surface area (Å²) in [5, 5.41) is 1.16. The maximum absolute atomic E-state index is 5.86. The van der Waals surface area contributed by atoms with Crippen LogP contribution in [-0.2, 0) is 4.74 Å². The van der Waals surface area contributed by atoms with E-state index in [2.05, 4.69) is 29.8 Å². The van der Waals surface area contributed by atoms with Crippen molar-refractivity contribution in [1.82, 2.24) is 0 Å². The van der Waals surface area contributed by atoms with Gasteiger partial charge in [0, 0.05) is 11.9 Å². The molecule has 0 aliphatic heterocycles. The number of unbranched alkanes of at least 4 members (excludes halogenated alkanes) is 9. The van der Waals surface area contributed by atoms with Gasteiger partial charge in [0.1, 0.15) is 0 Å². The molecular weight excluding hydrogens is 300 g/mol. The van der Waals surface area contributed by atoms with Crippen LogP contribution < -0.4 is 0 Å². The standard InChI is InChI=1S/C17H35BrO/c1-3-4-5-11-14-17(2)19-16-13-10-8-6-7-9-12-15-18/h17H,3-16H2,1-2H3. The van der Waals surface area contributed by atoms with Crippen molar-refractivity contribution in [1.29, 1.82) is 0 Å². The number of halogens is 1. The summed E-state index contributed by atoms with van der Waals surface area (Å²) in [4.78, 5) is 0. The Balaban J connectivity index is 3.07. The van der Waals surface area contributed by atoms with E-state index in [1.807, 2.05) is 0 Å². The zero-order chi connectivity index (χ0) is 14.2. The van der Waals surface area contributed by atoms with Gasteiger partial charge >= 0.3 is 0 Å². The molecule has 0 bridgehead atoms. The fraction of sp³-hybridized carbons (Fsp3) is 1.00. The summed E-state index contributed by atoms with van der Waals surface area (Å²) >= 11 is 3.48. The summed E-state index contributed by atoms with van der Waals surface area (Å²) < 4.78 is 5.86. The van der Waals surface area contributed by atoms with Gasteiger partial charge in [-0.15, -0.1) is 0 Å². The lowest BCUT2D eigenvalue weighted by atomic mass is 10.1. The minimum atomic E-state index is 0.468. The van der Waals surface area contributed by atoms with E-state index in [0.29, 0.717) is 6.10 Å². The van der Waals surface area contributed by atoms with E-state index in [4.69, 9.17) is 4.74 Å². The van der Waals surface area contributed by atoms with Crippen LogP contribution in [0.5, 0.6) is 0 Å². The Labute approximate surface area is 130 Å². The molecule has 0 N–H and O–H groups in total. The minimum Gasteiger partial charge on any atom is -0.379 e. The first-order chi connectivity index (χ1) is 9.31. The first-order valence-electron chi connectivity index (χ1n) is 8.48. The van der Waals surface area contributed by atoms with Crippen molar-refractivity contribution in [3.63, 3.8) is 0 Å². The van der Waals surface area contributed by atoms with Crippen LogP contribution in [0.3, 0.4) is 0 Å². The van der Waals surface area contributed by atoms with Crippen LogP contribution in [0, 0.1) is 0 Å². The molecule has 0 aromatic heterocycles. The highest BCUT2D eigenvalue weighted by molar-refractivity contribution is 9.09. The zero-order valence-corrected chi connectivity index (χ0v) is 14.8. The molecule has 0 aliphatic rings. The lowest BCUT2D eigenvalue weighted by Gasteiger charge is -2.12. The van der Waals surface area contributed by atoms with Crippen molar-refractivity contribution in [2.24, 2.45) is 0 Å². The van der Waals surface area contributed by atoms with Gasteiger partial charge < -0.3 is 4.74 Å². The Bertz CT molecular complexity index is 161. The monoisotopic (exact) mass is 334 g/mol. The second kappa shape index (κ2) is 16.5. The molecule has 1 unspecified atom stereocenters. The molecular formula is C17H35BrO. The largest absolute Gasteiger partial charge is 0.379 e. The summed E-state index contributed by atoms with van der Waals surface area (Å²) in [6.45, 7) is 5.46. The van der Waals surface area contributed by atoms with Crippen LogP contribution in [0.4, 0.5) is 0 Å². The molecule has 0 aliphatic carbocycles. The third-order valence-corrected chi connectivity index (χ3v) is 4.21. The number of ether oxygens (including phenoxy) is 1. The molecule has 0 saturated heterocycles. The molecule has 0 spiro atoms. The van der Waals surface area contributed by atoms with Gasteiger partial charge in [-0.05, 0) is 26.2 Å². The van der Waals surface area contributed by atoms with Crippen molar-refractivity contribution >= 4 is 15.9 Å². The highest BCUT2D eigenvalue weighted by Crippen LogP contribution is 2.10. The van der Waals surface area contributed by atoms with Gasteiger partial charge in [-0.3, -0.25) is 0 Å². The Morgan fingerprint density at radius 2 is 1.37 bits per heavy atom. The summed E-state index contributed by atoms with van der Waals surface area (Å²) in [5.41, 5.74) is 0. The Hall–Kier alpha value is 0.440. The van der Waals surface area contributed by atoms with E-state index in [1.54, 1.807) is 0 Å². The number of alkyl halides is 1. The molecule has 0 aromatic carbocycles. The fourth-order valence-electron chi connectivity index (χ4n) is 2.31. The quantitative estimate of drug-likeness (QED) is 0.245. The lowest BCUT2D eigenvalue weighted by Crippen LogP contribution is -2.09. The minimum absolute atomic E-state index is 0.468. The predicted octanol–water partition coefficient (Wildman–Crippen LogP) is 6.49. The maximum atomic E-state index is 5.86. The van der Waals surface area contributed by atoms with Crippen LogP contribution in [0.2, 0.25) is 0 Å². The average molecular weight is 335 g/mol. The Morgan fingerprint density at radius 3 is 2.00 bits per heavy atom. The SMILES string of the molecule is CCCCCCC(C)OCCCCCCCCCBr. The molecule has 116 valence electrons. The third-order valence-electron chi connectivity index (χ3n) is 3.64. The van der Waals surface area contributed by atoms with Gasteiger partial charge in [-0.25, -0.2) is 0 Å². The van der Waals surface area contributed by atoms with Crippen molar-refractivity contribution in [3.05, 3.63) is 0 Å². The second-order valence-corrected chi connectivity index (χ2v) is 6.49. The molecule has 2 heteroatoms. The molecule has 0 rings (SSSR count). The van der Waals surface area contributed by atoms with Gasteiger partial charge in [0.15, 0.2) is 0 Å². The van der Waals surface area contributed by atoms with Crippen LogP contribution in [-0.4, -0.2) is 18.0 Å². The molecule has 0 amide bonds. The molecule has 0 saturated carbocycles. The normalized spacial score (nSPS) is 12.8. The molecule has 0 fully saturated rings. The van der Waals surface area contributed by atoms with Gasteiger partial charge in [0.25, 0.3) is 0 Å². The predicted molar refractivity (Wildman–Crippen MR) is 90.3 cm³/mol. The first-order valence-corrected chi connectivity index (χ1v) is 9.61. The Kier molecular flexibility index (Phi) is 16.9. The average Bonchev–Trinajstić information content (AvgIpc) is 2.42. The molecule has 1 nitrogen and oxygen atoms in total. The van der Waals surface area contributed by atoms with Crippen LogP contribution >= 0.6 is 15.9 Å². The van der Waals surface area contributed by atoms with Gasteiger partial charge in [-0.2, -0.15) is 0 Å². The maximum Gasteiger partial charge on any atom is 0.0547 e. The zero-order valence-electron chi connectivity index (χ0n) is 13.3. The Morgan fingerprint density at radius 1 is 0.789 bits per heavy atom. The highest BCUT2D eigenvalue weighted by atomic mass is 79.9. The van der Waals surface area contributed by atoms with E-state index < -0.39 is 0 Å². The fourth-order valence-corrected chi connectivity index (χ4v) is 2.70. The smallest absolute Gasteiger partial charge is 0.0547 e. The van der Waals surface area contributed by atoms with E-state index in [9.17, 15) is 0 Å². The van der Waals surface area contributed by atoms with E-state index in [-0.39, 0.29) is 0 Å². The molecule has 0 radical (unpaired) electrons. The van der Waals surface area contributed by atoms with Crippen molar-refractivity contribution in [2.75, 3.05) is 11.9 Å². The summed E-state index contributed by atoms with van der Waals surface area (Å²) in [6, 6.07) is 0. The summed E-state index contributed by atoms with van der Waals surface area (Å²) in [5.74, 6) is 0. The molecule has 19 heavy (non-hydrogen) atoms. The van der Waals surface area contributed by atoms with Crippen LogP contribution in [0.15, 0.2) is 0 Å². The molecule has 1 atom stereocenters. The summed E-state index contributed by atoms with van der Waals surface area (Å²) in [7, 11) is 0. The van der Waals surface area contributed by atoms with Gasteiger partial charge in [0.2, 0.25) is 0 Å². The van der Waals surface area contributed by atoms with Crippen molar-refractivity contribution in [3.8, 4) is 0 Å².